The van der Waals surface area contributed by atoms with Crippen LogP contribution in [-0.4, -0.2) is 20.2 Å². The Morgan fingerprint density at radius 3 is 2.63 bits per heavy atom. The van der Waals surface area contributed by atoms with Crippen LogP contribution in [0.15, 0.2) is 42.6 Å². The lowest BCUT2D eigenvalue weighted by molar-refractivity contribution is 1.09. The summed E-state index contributed by atoms with van der Waals surface area (Å²) in [5.41, 5.74) is 1.54. The molecule has 4 nitrogen and oxygen atoms in total. The first-order chi connectivity index (χ1) is 9.24. The Hall–Kier alpha value is -1.91. The first-order valence-electron chi connectivity index (χ1n) is 5.53. The number of nitrogens with zero attached hydrogens (tertiary/aromatic N) is 3. The molecule has 1 N–H and O–H groups in total. The number of benzene rings is 1. The molecule has 0 atom stereocenters. The molecule has 3 aromatic rings. The van der Waals surface area contributed by atoms with Gasteiger partial charge in [-0.2, -0.15) is 5.10 Å². The molecule has 6 heteroatoms. The lowest BCUT2D eigenvalue weighted by atomic mass is 10.2. The molecule has 1 aromatic carbocycles. The van der Waals surface area contributed by atoms with Crippen molar-refractivity contribution in [1.82, 2.24) is 20.2 Å². The highest BCUT2D eigenvalue weighted by Crippen LogP contribution is 2.27. The Kier molecular flexibility index (Phi) is 3.19. The maximum absolute atomic E-state index is 5.98. The third-order valence-corrected chi connectivity index (χ3v) is 3.31. The van der Waals surface area contributed by atoms with E-state index in [4.69, 9.17) is 23.2 Å². The van der Waals surface area contributed by atoms with Crippen molar-refractivity contribution in [3.8, 4) is 22.9 Å². The molecule has 0 aliphatic rings. The molecule has 0 saturated heterocycles. The van der Waals surface area contributed by atoms with Crippen LogP contribution in [0.5, 0.6) is 0 Å². The third-order valence-electron chi connectivity index (χ3n) is 2.57. The number of aromatic nitrogens is 4. The molecule has 2 aromatic heterocycles. The van der Waals surface area contributed by atoms with Gasteiger partial charge in [0, 0.05) is 11.8 Å². The van der Waals surface area contributed by atoms with Crippen molar-refractivity contribution in [1.29, 1.82) is 0 Å². The van der Waals surface area contributed by atoms with Crippen LogP contribution >= 0.6 is 23.2 Å². The van der Waals surface area contributed by atoms with Gasteiger partial charge in [-0.3, -0.25) is 10.1 Å². The van der Waals surface area contributed by atoms with Crippen LogP contribution in [0.25, 0.3) is 22.9 Å². The van der Waals surface area contributed by atoms with Gasteiger partial charge in [0.2, 0.25) is 0 Å². The summed E-state index contributed by atoms with van der Waals surface area (Å²) in [6, 6.07) is 10.9. The second-order valence-corrected chi connectivity index (χ2v) is 4.67. The average molecular weight is 291 g/mol. The van der Waals surface area contributed by atoms with Crippen molar-refractivity contribution in [3.63, 3.8) is 0 Å². The van der Waals surface area contributed by atoms with Crippen LogP contribution in [0, 0.1) is 0 Å². The van der Waals surface area contributed by atoms with Gasteiger partial charge in [-0.15, -0.1) is 0 Å². The minimum atomic E-state index is 0.475. The van der Waals surface area contributed by atoms with E-state index in [0.29, 0.717) is 21.7 Å². The fourth-order valence-electron chi connectivity index (χ4n) is 1.64. The first kappa shape index (κ1) is 12.1. The van der Waals surface area contributed by atoms with Gasteiger partial charge in [-0.05, 0) is 30.3 Å². The summed E-state index contributed by atoms with van der Waals surface area (Å²) in [5, 5.41) is 7.99. The maximum atomic E-state index is 5.98. The summed E-state index contributed by atoms with van der Waals surface area (Å²) in [5.74, 6) is 1.17. The van der Waals surface area contributed by atoms with Crippen molar-refractivity contribution >= 4 is 23.2 Å². The molecule has 0 saturated carbocycles. The molecule has 0 aliphatic carbocycles. The lowest BCUT2D eigenvalue weighted by Crippen LogP contribution is -1.84. The molecule has 2 heterocycles. The van der Waals surface area contributed by atoms with Crippen molar-refractivity contribution in [2.45, 2.75) is 0 Å². The number of H-pyrrole nitrogens is 1. The minimum absolute atomic E-state index is 0.475. The zero-order chi connectivity index (χ0) is 13.2. The standard InChI is InChI=1S/C13H8Cl2N4/c14-9-5-4-8(7-10(9)15)12-17-13(19-18-12)11-3-1-2-6-16-11/h1-7H,(H,17,18,19). The number of halogens is 2. The summed E-state index contributed by atoms with van der Waals surface area (Å²) in [6.45, 7) is 0. The molecule has 0 bridgehead atoms. The van der Waals surface area contributed by atoms with Crippen molar-refractivity contribution in [3.05, 3.63) is 52.6 Å². The van der Waals surface area contributed by atoms with Gasteiger partial charge in [0.05, 0.1) is 10.0 Å². The maximum Gasteiger partial charge on any atom is 0.181 e. The number of nitrogens with one attached hydrogen (secondary N) is 1. The van der Waals surface area contributed by atoms with Crippen LogP contribution in [0.4, 0.5) is 0 Å². The van der Waals surface area contributed by atoms with Gasteiger partial charge in [-0.1, -0.05) is 29.3 Å². The smallest absolute Gasteiger partial charge is 0.181 e. The summed E-state index contributed by atoms with van der Waals surface area (Å²) in [6.07, 6.45) is 1.71. The molecule has 0 amide bonds. The van der Waals surface area contributed by atoms with Crippen LogP contribution in [0.1, 0.15) is 0 Å². The molecule has 0 radical (unpaired) electrons. The van der Waals surface area contributed by atoms with Gasteiger partial charge < -0.3 is 0 Å². The Morgan fingerprint density at radius 1 is 1.00 bits per heavy atom. The van der Waals surface area contributed by atoms with E-state index in [9.17, 15) is 0 Å². The predicted molar refractivity (Wildman–Crippen MR) is 75.1 cm³/mol. The Balaban J connectivity index is 1.99. The zero-order valence-electron chi connectivity index (χ0n) is 9.64. The zero-order valence-corrected chi connectivity index (χ0v) is 11.2. The van der Waals surface area contributed by atoms with E-state index >= 15 is 0 Å². The van der Waals surface area contributed by atoms with Gasteiger partial charge >= 0.3 is 0 Å². The van der Waals surface area contributed by atoms with Gasteiger partial charge in [-0.25, -0.2) is 4.98 Å². The molecule has 3 rings (SSSR count). The molecule has 94 valence electrons. The normalized spacial score (nSPS) is 10.6. The molecular formula is C13H8Cl2N4. The van der Waals surface area contributed by atoms with Crippen molar-refractivity contribution in [2.24, 2.45) is 0 Å². The summed E-state index contributed by atoms with van der Waals surface area (Å²) < 4.78 is 0. The molecule has 19 heavy (non-hydrogen) atoms. The number of aromatic amines is 1. The Labute approximate surface area is 119 Å². The largest absolute Gasteiger partial charge is 0.257 e. The quantitative estimate of drug-likeness (QED) is 0.780. The Bertz CT molecular complexity index is 710. The second kappa shape index (κ2) is 4.99. The monoisotopic (exact) mass is 290 g/mol. The molecule has 0 spiro atoms. The number of hydrogen-bond donors (Lipinski definition) is 1. The van der Waals surface area contributed by atoms with Crippen molar-refractivity contribution < 1.29 is 0 Å². The van der Waals surface area contributed by atoms with Gasteiger partial charge in [0.15, 0.2) is 11.6 Å². The van der Waals surface area contributed by atoms with Crippen LogP contribution < -0.4 is 0 Å². The van der Waals surface area contributed by atoms with E-state index in [-0.39, 0.29) is 0 Å². The number of pyridine rings is 1. The van der Waals surface area contributed by atoms with Crippen molar-refractivity contribution in [2.75, 3.05) is 0 Å². The number of hydrogen-bond acceptors (Lipinski definition) is 3. The summed E-state index contributed by atoms with van der Waals surface area (Å²) in [7, 11) is 0. The molecule has 0 aliphatic heterocycles. The number of rotatable bonds is 2. The Morgan fingerprint density at radius 2 is 1.89 bits per heavy atom. The van der Waals surface area contributed by atoms with E-state index in [1.165, 1.54) is 0 Å². The van der Waals surface area contributed by atoms with Gasteiger partial charge in [0.1, 0.15) is 5.69 Å². The fraction of sp³-hybridized carbons (Fsp3) is 0. The second-order valence-electron chi connectivity index (χ2n) is 3.85. The summed E-state index contributed by atoms with van der Waals surface area (Å²) >= 11 is 11.9. The summed E-state index contributed by atoms with van der Waals surface area (Å²) in [4.78, 5) is 8.60. The van der Waals surface area contributed by atoms with E-state index in [0.717, 1.165) is 11.3 Å². The highest BCUT2D eigenvalue weighted by molar-refractivity contribution is 6.42. The topological polar surface area (TPSA) is 54.5 Å². The van der Waals surface area contributed by atoms with E-state index < -0.39 is 0 Å². The highest BCUT2D eigenvalue weighted by Gasteiger charge is 2.09. The highest BCUT2D eigenvalue weighted by atomic mass is 35.5. The van der Waals surface area contributed by atoms with E-state index in [1.54, 1.807) is 18.3 Å². The molecule has 0 unspecified atom stereocenters. The van der Waals surface area contributed by atoms with Crippen LogP contribution in [-0.2, 0) is 0 Å². The van der Waals surface area contributed by atoms with Crippen LogP contribution in [0.3, 0.4) is 0 Å². The molecular weight excluding hydrogens is 283 g/mol. The minimum Gasteiger partial charge on any atom is -0.257 e. The first-order valence-corrected chi connectivity index (χ1v) is 6.29. The SMILES string of the molecule is Clc1ccc(-c2n[nH]c(-c3ccccn3)n2)cc1Cl. The fourth-order valence-corrected chi connectivity index (χ4v) is 1.94. The van der Waals surface area contributed by atoms with Gasteiger partial charge in [0.25, 0.3) is 0 Å². The lowest BCUT2D eigenvalue weighted by Gasteiger charge is -1.98. The van der Waals surface area contributed by atoms with E-state index in [2.05, 4.69) is 20.2 Å². The predicted octanol–water partition coefficient (Wildman–Crippen LogP) is 3.84. The van der Waals surface area contributed by atoms with E-state index in [1.807, 2.05) is 24.3 Å². The average Bonchev–Trinajstić information content (AvgIpc) is 2.93. The van der Waals surface area contributed by atoms with Crippen LogP contribution in [0.2, 0.25) is 10.0 Å². The third kappa shape index (κ3) is 2.45. The molecule has 0 fully saturated rings.